The molecule has 0 bridgehead atoms. The van der Waals surface area contributed by atoms with Crippen LogP contribution in [0.1, 0.15) is 44.3 Å². The van der Waals surface area contributed by atoms with Gasteiger partial charge in [-0.2, -0.15) is 28.6 Å². The van der Waals surface area contributed by atoms with E-state index < -0.39 is 0 Å². The van der Waals surface area contributed by atoms with Gasteiger partial charge in [-0.25, -0.2) is 0 Å². The Morgan fingerprint density at radius 3 is 2.81 bits per heavy atom. The molecule has 1 aliphatic carbocycles. The summed E-state index contributed by atoms with van der Waals surface area (Å²) in [5.41, 5.74) is 1.25. The maximum atomic E-state index is 4.86. The van der Waals surface area contributed by atoms with Gasteiger partial charge < -0.3 is 5.32 Å². The SMILES string of the molecule is CNC(Cc1ccn(C2CCCC2)n1)C1SCCSC1C. The van der Waals surface area contributed by atoms with Gasteiger partial charge in [0.25, 0.3) is 0 Å². The van der Waals surface area contributed by atoms with Crippen molar-refractivity contribution in [1.29, 1.82) is 0 Å². The molecule has 5 heteroatoms. The second-order valence-electron chi connectivity index (χ2n) is 6.24. The third-order valence-corrected chi connectivity index (χ3v) is 8.05. The van der Waals surface area contributed by atoms with Crippen LogP contribution >= 0.6 is 23.5 Å². The molecule has 0 amide bonds. The molecule has 1 aromatic rings. The molecule has 1 aliphatic heterocycles. The average molecular weight is 326 g/mol. The summed E-state index contributed by atoms with van der Waals surface area (Å²) in [5, 5.41) is 9.84. The number of hydrogen-bond donors (Lipinski definition) is 1. The van der Waals surface area contributed by atoms with Crippen molar-refractivity contribution in [1.82, 2.24) is 15.1 Å². The van der Waals surface area contributed by atoms with Crippen molar-refractivity contribution in [2.75, 3.05) is 18.6 Å². The lowest BCUT2D eigenvalue weighted by Crippen LogP contribution is -2.44. The second-order valence-corrected chi connectivity index (χ2v) is 9.01. The Labute approximate surface area is 137 Å². The Morgan fingerprint density at radius 1 is 1.33 bits per heavy atom. The van der Waals surface area contributed by atoms with E-state index in [1.807, 2.05) is 0 Å². The third kappa shape index (κ3) is 3.80. The predicted molar refractivity (Wildman–Crippen MR) is 94.4 cm³/mol. The van der Waals surface area contributed by atoms with E-state index in [1.165, 1.54) is 42.9 Å². The van der Waals surface area contributed by atoms with Gasteiger partial charge in [0.05, 0.1) is 11.7 Å². The zero-order valence-corrected chi connectivity index (χ0v) is 14.8. The van der Waals surface area contributed by atoms with Gasteiger partial charge in [0.15, 0.2) is 0 Å². The van der Waals surface area contributed by atoms with Crippen molar-refractivity contribution >= 4 is 23.5 Å². The minimum atomic E-state index is 0.532. The smallest absolute Gasteiger partial charge is 0.0640 e. The Morgan fingerprint density at radius 2 is 2.10 bits per heavy atom. The van der Waals surface area contributed by atoms with E-state index >= 15 is 0 Å². The van der Waals surface area contributed by atoms with Crippen molar-refractivity contribution in [2.45, 2.75) is 61.6 Å². The monoisotopic (exact) mass is 325 g/mol. The third-order valence-electron chi connectivity index (χ3n) is 4.80. The first kappa shape index (κ1) is 15.8. The number of hydrogen-bond acceptors (Lipinski definition) is 4. The van der Waals surface area contributed by atoms with Gasteiger partial charge >= 0.3 is 0 Å². The van der Waals surface area contributed by atoms with Crippen LogP contribution in [-0.4, -0.2) is 44.9 Å². The molecule has 1 saturated carbocycles. The topological polar surface area (TPSA) is 29.9 Å². The quantitative estimate of drug-likeness (QED) is 0.899. The summed E-state index contributed by atoms with van der Waals surface area (Å²) in [7, 11) is 2.10. The standard InChI is InChI=1S/C16H27N3S2/c1-12-16(21-10-9-20-12)15(17-2)11-13-7-8-19(18-13)14-5-3-4-6-14/h7-8,12,14-17H,3-6,9-11H2,1-2H3. The number of likely N-dealkylation sites (N-methyl/N-ethyl adjacent to an activating group) is 1. The Hall–Kier alpha value is -0.130. The minimum Gasteiger partial charge on any atom is -0.315 e. The van der Waals surface area contributed by atoms with Crippen LogP contribution in [0.4, 0.5) is 0 Å². The Balaban J connectivity index is 1.63. The first-order chi connectivity index (χ1) is 10.3. The van der Waals surface area contributed by atoms with Crippen LogP contribution in [0.25, 0.3) is 0 Å². The maximum Gasteiger partial charge on any atom is 0.0640 e. The van der Waals surface area contributed by atoms with E-state index in [0.29, 0.717) is 17.3 Å². The van der Waals surface area contributed by atoms with Crippen molar-refractivity contribution in [3.63, 3.8) is 0 Å². The number of aromatic nitrogens is 2. The lowest BCUT2D eigenvalue weighted by molar-refractivity contribution is 0.456. The molecule has 21 heavy (non-hydrogen) atoms. The summed E-state index contributed by atoms with van der Waals surface area (Å²) in [4.78, 5) is 0. The number of rotatable bonds is 5. The van der Waals surface area contributed by atoms with Crippen LogP contribution < -0.4 is 5.32 Å². The minimum absolute atomic E-state index is 0.532. The van der Waals surface area contributed by atoms with E-state index in [1.54, 1.807) is 0 Å². The number of thioether (sulfide) groups is 2. The van der Waals surface area contributed by atoms with Gasteiger partial charge in [0.2, 0.25) is 0 Å². The van der Waals surface area contributed by atoms with Gasteiger partial charge in [0, 0.05) is 40.7 Å². The molecule has 1 N–H and O–H groups in total. The van der Waals surface area contributed by atoms with E-state index in [0.717, 1.165) is 11.7 Å². The summed E-state index contributed by atoms with van der Waals surface area (Å²) in [6.45, 7) is 2.38. The van der Waals surface area contributed by atoms with Gasteiger partial charge in [0.1, 0.15) is 0 Å². The summed E-state index contributed by atoms with van der Waals surface area (Å²) in [6, 6.07) is 3.42. The molecule has 3 nitrogen and oxygen atoms in total. The van der Waals surface area contributed by atoms with Crippen molar-refractivity contribution < 1.29 is 0 Å². The second kappa shape index (κ2) is 7.42. The normalized spacial score (nSPS) is 28.9. The molecule has 2 fully saturated rings. The molecule has 1 aromatic heterocycles. The summed E-state index contributed by atoms with van der Waals surface area (Å²) < 4.78 is 2.22. The largest absolute Gasteiger partial charge is 0.315 e. The number of nitrogens with zero attached hydrogens (tertiary/aromatic N) is 2. The van der Waals surface area contributed by atoms with E-state index in [2.05, 4.69) is 59.8 Å². The molecule has 3 rings (SSSR count). The van der Waals surface area contributed by atoms with Gasteiger partial charge in [-0.15, -0.1) is 0 Å². The summed E-state index contributed by atoms with van der Waals surface area (Å²) >= 11 is 4.26. The molecule has 118 valence electrons. The highest BCUT2D eigenvalue weighted by Gasteiger charge is 2.30. The van der Waals surface area contributed by atoms with Gasteiger partial charge in [-0.05, 0) is 26.0 Å². The molecule has 2 aliphatic rings. The Kier molecular flexibility index (Phi) is 5.57. The molecular weight excluding hydrogens is 298 g/mol. The molecule has 3 unspecified atom stereocenters. The maximum absolute atomic E-state index is 4.86. The highest BCUT2D eigenvalue weighted by Crippen LogP contribution is 2.34. The number of nitrogens with one attached hydrogen (secondary N) is 1. The Bertz CT molecular complexity index is 442. The van der Waals surface area contributed by atoms with Crippen molar-refractivity contribution in [3.8, 4) is 0 Å². The lowest BCUT2D eigenvalue weighted by atomic mass is 10.1. The first-order valence-corrected chi connectivity index (χ1v) is 10.3. The zero-order chi connectivity index (χ0) is 14.7. The van der Waals surface area contributed by atoms with Crippen LogP contribution in [-0.2, 0) is 6.42 Å². The van der Waals surface area contributed by atoms with Crippen molar-refractivity contribution in [2.24, 2.45) is 0 Å². The van der Waals surface area contributed by atoms with Crippen LogP contribution in [0, 0.1) is 0 Å². The summed E-state index contributed by atoms with van der Waals surface area (Å²) in [6.07, 6.45) is 8.60. The molecule has 0 radical (unpaired) electrons. The zero-order valence-electron chi connectivity index (χ0n) is 13.1. The van der Waals surface area contributed by atoms with E-state index in [9.17, 15) is 0 Å². The molecular formula is C16H27N3S2. The molecule has 2 heterocycles. The van der Waals surface area contributed by atoms with E-state index in [-0.39, 0.29) is 0 Å². The van der Waals surface area contributed by atoms with Gasteiger partial charge in [-0.1, -0.05) is 19.8 Å². The first-order valence-electron chi connectivity index (χ1n) is 8.22. The van der Waals surface area contributed by atoms with Crippen LogP contribution in [0.15, 0.2) is 12.3 Å². The summed E-state index contributed by atoms with van der Waals surface area (Å²) in [5.74, 6) is 2.59. The fourth-order valence-electron chi connectivity index (χ4n) is 3.56. The van der Waals surface area contributed by atoms with Crippen LogP contribution in [0.2, 0.25) is 0 Å². The van der Waals surface area contributed by atoms with Crippen molar-refractivity contribution in [3.05, 3.63) is 18.0 Å². The highest BCUT2D eigenvalue weighted by atomic mass is 32.2. The highest BCUT2D eigenvalue weighted by molar-refractivity contribution is 8.07. The lowest BCUT2D eigenvalue weighted by Gasteiger charge is -2.34. The molecule has 1 saturated heterocycles. The molecule has 0 spiro atoms. The fourth-order valence-corrected chi connectivity index (χ4v) is 6.56. The van der Waals surface area contributed by atoms with Crippen LogP contribution in [0.5, 0.6) is 0 Å². The van der Waals surface area contributed by atoms with E-state index in [4.69, 9.17) is 5.10 Å². The molecule has 0 aromatic carbocycles. The predicted octanol–water partition coefficient (Wildman–Crippen LogP) is 3.37. The van der Waals surface area contributed by atoms with Crippen LogP contribution in [0.3, 0.4) is 0 Å². The average Bonchev–Trinajstić information content (AvgIpc) is 3.16. The molecule has 3 atom stereocenters. The fraction of sp³-hybridized carbons (Fsp3) is 0.812. The van der Waals surface area contributed by atoms with Gasteiger partial charge in [-0.3, -0.25) is 4.68 Å².